The van der Waals surface area contributed by atoms with E-state index < -0.39 is 22.1 Å². The van der Waals surface area contributed by atoms with Gasteiger partial charge in [-0.2, -0.15) is 4.31 Å². The average molecular weight is 401 g/mol. The van der Waals surface area contributed by atoms with Crippen molar-refractivity contribution in [2.45, 2.75) is 36.7 Å². The molecule has 2 aromatic rings. The molecule has 1 N–H and O–H groups in total. The zero-order chi connectivity index (χ0) is 19.9. The van der Waals surface area contributed by atoms with Crippen LogP contribution < -0.4 is 5.32 Å². The van der Waals surface area contributed by atoms with E-state index in [4.69, 9.17) is 0 Å². The summed E-state index contributed by atoms with van der Waals surface area (Å²) in [5, 5.41) is 4.25. The Morgan fingerprint density at radius 2 is 1.82 bits per heavy atom. The second-order valence-electron chi connectivity index (χ2n) is 7.24. The number of carbonyl (C=O) groups is 2. The van der Waals surface area contributed by atoms with Gasteiger partial charge < -0.3 is 10.2 Å². The smallest absolute Gasteiger partial charge is 0.245 e. The van der Waals surface area contributed by atoms with Crippen molar-refractivity contribution >= 4 is 32.6 Å². The molecule has 2 aliphatic rings. The minimum absolute atomic E-state index is 0.0258. The largest absolute Gasteiger partial charge is 0.342 e. The van der Waals surface area contributed by atoms with E-state index in [1.54, 1.807) is 24.3 Å². The number of benzene rings is 2. The Bertz CT molecular complexity index is 1030. The van der Waals surface area contributed by atoms with Crippen LogP contribution in [-0.2, 0) is 19.6 Å². The van der Waals surface area contributed by atoms with E-state index in [-0.39, 0.29) is 36.3 Å². The van der Waals surface area contributed by atoms with Crippen LogP contribution in [0.5, 0.6) is 0 Å². The zero-order valence-corrected chi connectivity index (χ0v) is 16.5. The Morgan fingerprint density at radius 1 is 1.07 bits per heavy atom. The molecule has 2 heterocycles. The molecular weight excluding hydrogens is 378 g/mol. The molecule has 2 saturated heterocycles. The number of carbonyl (C=O) groups excluding carboxylic acids is 2. The highest BCUT2D eigenvalue weighted by Crippen LogP contribution is 2.28. The van der Waals surface area contributed by atoms with Gasteiger partial charge in [-0.3, -0.25) is 9.59 Å². The normalized spacial score (nSPS) is 23.5. The van der Waals surface area contributed by atoms with Crippen LogP contribution in [0.4, 0.5) is 0 Å². The number of fused-ring (bicyclic) bond motifs is 2. The van der Waals surface area contributed by atoms with E-state index in [0.29, 0.717) is 11.8 Å². The fourth-order valence-corrected chi connectivity index (χ4v) is 5.69. The minimum Gasteiger partial charge on any atom is -0.342 e. The van der Waals surface area contributed by atoms with E-state index >= 15 is 0 Å². The molecule has 0 saturated carbocycles. The molecule has 8 heteroatoms. The Balaban J connectivity index is 1.63. The lowest BCUT2D eigenvalue weighted by atomic mass is 10.0. The van der Waals surface area contributed by atoms with Gasteiger partial charge in [0.2, 0.25) is 21.8 Å². The van der Waals surface area contributed by atoms with E-state index in [2.05, 4.69) is 5.32 Å². The average Bonchev–Trinajstić information content (AvgIpc) is 2.71. The molecule has 28 heavy (non-hydrogen) atoms. The number of sulfonamides is 1. The molecule has 4 rings (SSSR count). The third-order valence-corrected chi connectivity index (χ3v) is 7.41. The Kier molecular flexibility index (Phi) is 4.84. The highest BCUT2D eigenvalue weighted by Gasteiger charge is 2.45. The second-order valence-corrected chi connectivity index (χ2v) is 9.14. The number of rotatable bonds is 4. The molecule has 148 valence electrons. The van der Waals surface area contributed by atoms with E-state index in [1.807, 2.05) is 25.1 Å². The fourth-order valence-electron chi connectivity index (χ4n) is 4.04. The highest BCUT2D eigenvalue weighted by molar-refractivity contribution is 7.89. The standard InChI is InChI=1S/C20H23N3O4S/c1-2-6-16-20(25)23-12-11-22(13-17(23)19(24)21-16)28(26,27)18-10-5-8-14-7-3-4-9-15(14)18/h3-5,7-10,16-17H,2,6,11-13H2,1H3,(H,21,24)/t16-,17+/m0/s1. The van der Waals surface area contributed by atoms with Crippen molar-refractivity contribution in [3.05, 3.63) is 42.5 Å². The summed E-state index contributed by atoms with van der Waals surface area (Å²) >= 11 is 0. The van der Waals surface area contributed by atoms with Crippen LogP contribution >= 0.6 is 0 Å². The number of hydrogen-bond acceptors (Lipinski definition) is 4. The van der Waals surface area contributed by atoms with Crippen molar-refractivity contribution in [1.82, 2.24) is 14.5 Å². The number of piperazine rings is 2. The molecule has 0 spiro atoms. The first-order chi connectivity index (χ1) is 13.4. The number of nitrogens with one attached hydrogen (secondary N) is 1. The molecule has 0 unspecified atom stereocenters. The van der Waals surface area contributed by atoms with Crippen LogP contribution in [0.25, 0.3) is 10.8 Å². The van der Waals surface area contributed by atoms with Gasteiger partial charge in [-0.05, 0) is 17.9 Å². The van der Waals surface area contributed by atoms with Crippen molar-refractivity contribution in [2.75, 3.05) is 19.6 Å². The van der Waals surface area contributed by atoms with Gasteiger partial charge in [0, 0.05) is 25.0 Å². The van der Waals surface area contributed by atoms with Gasteiger partial charge in [0.25, 0.3) is 0 Å². The number of nitrogens with zero attached hydrogens (tertiary/aromatic N) is 2. The summed E-state index contributed by atoms with van der Waals surface area (Å²) in [7, 11) is -3.79. The summed E-state index contributed by atoms with van der Waals surface area (Å²) in [5.74, 6) is -0.399. The molecule has 7 nitrogen and oxygen atoms in total. The van der Waals surface area contributed by atoms with Crippen LogP contribution in [0.3, 0.4) is 0 Å². The zero-order valence-electron chi connectivity index (χ0n) is 15.7. The summed E-state index contributed by atoms with van der Waals surface area (Å²) in [6.45, 7) is 2.34. The van der Waals surface area contributed by atoms with Gasteiger partial charge in [0.15, 0.2) is 0 Å². The van der Waals surface area contributed by atoms with Crippen LogP contribution in [0.1, 0.15) is 19.8 Å². The van der Waals surface area contributed by atoms with Gasteiger partial charge >= 0.3 is 0 Å². The monoisotopic (exact) mass is 401 g/mol. The maximum atomic E-state index is 13.3. The maximum Gasteiger partial charge on any atom is 0.245 e. The molecular formula is C20H23N3O4S. The SMILES string of the molecule is CCC[C@@H]1NC(=O)[C@H]2CN(S(=O)(=O)c3cccc4ccccc34)CCN2C1=O. The first-order valence-corrected chi connectivity index (χ1v) is 11.0. The third-order valence-electron chi connectivity index (χ3n) is 5.49. The predicted molar refractivity (Wildman–Crippen MR) is 105 cm³/mol. The minimum atomic E-state index is -3.79. The summed E-state index contributed by atoms with van der Waals surface area (Å²) in [5.41, 5.74) is 0. The van der Waals surface area contributed by atoms with Gasteiger partial charge in [0.1, 0.15) is 12.1 Å². The third kappa shape index (κ3) is 3.06. The molecule has 0 bridgehead atoms. The van der Waals surface area contributed by atoms with Crippen LogP contribution in [0.15, 0.2) is 47.4 Å². The molecule has 2 aliphatic heterocycles. The van der Waals surface area contributed by atoms with Crippen molar-refractivity contribution in [3.63, 3.8) is 0 Å². The van der Waals surface area contributed by atoms with Gasteiger partial charge in [-0.15, -0.1) is 0 Å². The van der Waals surface area contributed by atoms with E-state index in [0.717, 1.165) is 11.8 Å². The molecule has 0 aliphatic carbocycles. The maximum absolute atomic E-state index is 13.3. The molecule has 2 amide bonds. The van der Waals surface area contributed by atoms with Gasteiger partial charge in [-0.25, -0.2) is 8.42 Å². The fraction of sp³-hybridized carbons (Fsp3) is 0.400. The second kappa shape index (κ2) is 7.18. The van der Waals surface area contributed by atoms with Crippen molar-refractivity contribution in [1.29, 1.82) is 0 Å². The number of hydrogen-bond donors (Lipinski definition) is 1. The molecule has 2 aromatic carbocycles. The van der Waals surface area contributed by atoms with Gasteiger partial charge in [0.05, 0.1) is 4.90 Å². The van der Waals surface area contributed by atoms with E-state index in [1.165, 1.54) is 9.21 Å². The van der Waals surface area contributed by atoms with Crippen molar-refractivity contribution < 1.29 is 18.0 Å². The molecule has 2 fully saturated rings. The quantitative estimate of drug-likeness (QED) is 0.838. The first-order valence-electron chi connectivity index (χ1n) is 9.52. The first kappa shape index (κ1) is 18.9. The number of amides is 2. The van der Waals surface area contributed by atoms with Crippen LogP contribution in [-0.4, -0.2) is 61.2 Å². The highest BCUT2D eigenvalue weighted by atomic mass is 32.2. The van der Waals surface area contributed by atoms with Crippen molar-refractivity contribution in [2.24, 2.45) is 0 Å². The topological polar surface area (TPSA) is 86.8 Å². The van der Waals surface area contributed by atoms with Crippen LogP contribution in [0.2, 0.25) is 0 Å². The summed E-state index contributed by atoms with van der Waals surface area (Å²) in [6, 6.07) is 11.2. The Morgan fingerprint density at radius 3 is 2.61 bits per heavy atom. The Labute approximate surface area is 164 Å². The summed E-state index contributed by atoms with van der Waals surface area (Å²) in [6.07, 6.45) is 1.38. The molecule has 2 atom stereocenters. The lowest BCUT2D eigenvalue weighted by Gasteiger charge is -2.44. The lowest BCUT2D eigenvalue weighted by Crippen LogP contribution is -2.69. The van der Waals surface area contributed by atoms with Gasteiger partial charge in [-0.1, -0.05) is 49.7 Å². The van der Waals surface area contributed by atoms with Crippen molar-refractivity contribution in [3.8, 4) is 0 Å². The predicted octanol–water partition coefficient (Wildman–Crippen LogP) is 1.34. The molecule has 0 aromatic heterocycles. The van der Waals surface area contributed by atoms with Crippen LogP contribution in [0, 0.1) is 0 Å². The van der Waals surface area contributed by atoms with E-state index in [9.17, 15) is 18.0 Å². The Hall–Kier alpha value is -2.45. The summed E-state index contributed by atoms with van der Waals surface area (Å²) < 4.78 is 28.0. The summed E-state index contributed by atoms with van der Waals surface area (Å²) in [4.78, 5) is 27.0. The molecule has 0 radical (unpaired) electrons. The lowest BCUT2D eigenvalue weighted by molar-refractivity contribution is -0.151.